The molecule has 0 saturated carbocycles. The van der Waals surface area contributed by atoms with Crippen molar-refractivity contribution in [1.29, 1.82) is 0 Å². The highest BCUT2D eigenvalue weighted by Gasteiger charge is 2.32. The highest BCUT2D eigenvalue weighted by Crippen LogP contribution is 2.35. The minimum atomic E-state index is -1.15. The highest BCUT2D eigenvalue weighted by atomic mass is 127. The Morgan fingerprint density at radius 3 is 2.35 bits per heavy atom. The summed E-state index contributed by atoms with van der Waals surface area (Å²) in [5.74, 6) is 0.507. The molecular formula is C34H36I2N4O9. The van der Waals surface area contributed by atoms with Gasteiger partial charge >= 0.3 is 18.0 Å². The van der Waals surface area contributed by atoms with E-state index in [-0.39, 0.29) is 18.1 Å². The van der Waals surface area contributed by atoms with Gasteiger partial charge in [0.05, 0.1) is 50.9 Å². The molecule has 1 aliphatic heterocycles. The Hall–Kier alpha value is -4.10. The van der Waals surface area contributed by atoms with Crippen LogP contribution in [0.1, 0.15) is 53.9 Å². The van der Waals surface area contributed by atoms with Crippen LogP contribution in [-0.2, 0) is 20.9 Å². The van der Waals surface area contributed by atoms with Crippen LogP contribution in [0.25, 0.3) is 0 Å². The first-order chi connectivity index (χ1) is 23.5. The Balaban J connectivity index is 1.34. The standard InChI is InChI=1S/C34H36I2N4O9/c1-5-46-27-15-23(30-29(33(43)45-4)19(3)38-34(44)39-30)11-12-26(27)48-18-28(41)40-37-16-21-13-24(35)31(25(36)14-21)49-17-20-7-9-22(10-8-20)32(42)47-6-2/h7-16,28,30,40-41H,5-6,17-18H2,1-4H3,(H2,38,39,44)/b37-16+/t28-,30+/m1/s1. The molecule has 2 atom stereocenters. The van der Waals surface area contributed by atoms with Crippen LogP contribution in [0.5, 0.6) is 17.2 Å². The molecular weight excluding hydrogens is 862 g/mol. The van der Waals surface area contributed by atoms with Crippen molar-refractivity contribution in [1.82, 2.24) is 16.1 Å². The number of methoxy groups -OCH3 is 1. The van der Waals surface area contributed by atoms with Crippen molar-refractivity contribution in [2.24, 2.45) is 5.10 Å². The van der Waals surface area contributed by atoms with Crippen LogP contribution in [0.2, 0.25) is 0 Å². The number of urea groups is 1. The number of nitrogens with one attached hydrogen (secondary N) is 3. The van der Waals surface area contributed by atoms with Gasteiger partial charge in [-0.2, -0.15) is 5.10 Å². The van der Waals surface area contributed by atoms with Gasteiger partial charge in [0.15, 0.2) is 17.7 Å². The number of ether oxygens (including phenoxy) is 5. The predicted octanol–water partition coefficient (Wildman–Crippen LogP) is 5.17. The zero-order valence-electron chi connectivity index (χ0n) is 27.2. The number of amides is 2. The third-order valence-corrected chi connectivity index (χ3v) is 8.58. The number of hydrogen-bond acceptors (Lipinski definition) is 11. The number of halogens is 2. The second-order valence-corrected chi connectivity index (χ2v) is 12.8. The number of carbonyl (C=O) groups is 3. The number of aliphatic hydroxyl groups is 1. The van der Waals surface area contributed by atoms with Crippen LogP contribution in [0.15, 0.2) is 71.0 Å². The van der Waals surface area contributed by atoms with Gasteiger partial charge in [-0.3, -0.25) is 5.43 Å². The van der Waals surface area contributed by atoms with E-state index in [4.69, 9.17) is 23.7 Å². The zero-order valence-corrected chi connectivity index (χ0v) is 31.5. The number of aliphatic hydroxyl groups excluding tert-OH is 1. The third kappa shape index (κ3) is 10.2. The van der Waals surface area contributed by atoms with E-state index in [1.165, 1.54) is 7.11 Å². The van der Waals surface area contributed by atoms with Crippen molar-refractivity contribution in [3.05, 3.63) is 95.3 Å². The second-order valence-electron chi connectivity index (χ2n) is 10.4. The minimum absolute atomic E-state index is 0.157. The smallest absolute Gasteiger partial charge is 0.338 e. The number of carbonyl (C=O) groups excluding carboxylic acids is 3. The Kier molecular flexibility index (Phi) is 13.9. The number of nitrogens with zero attached hydrogens (tertiary/aromatic N) is 1. The molecule has 0 unspecified atom stereocenters. The fourth-order valence-corrected chi connectivity index (χ4v) is 6.85. The summed E-state index contributed by atoms with van der Waals surface area (Å²) in [4.78, 5) is 36.5. The Morgan fingerprint density at radius 1 is 0.980 bits per heavy atom. The highest BCUT2D eigenvalue weighted by molar-refractivity contribution is 14.1. The monoisotopic (exact) mass is 898 g/mol. The van der Waals surface area contributed by atoms with Crippen LogP contribution in [0, 0.1) is 7.14 Å². The van der Waals surface area contributed by atoms with E-state index in [9.17, 15) is 19.5 Å². The summed E-state index contributed by atoms with van der Waals surface area (Å²) in [6, 6.07) is 14.7. The van der Waals surface area contributed by atoms with Gasteiger partial charge in [0.25, 0.3) is 0 Å². The van der Waals surface area contributed by atoms with E-state index in [1.807, 2.05) is 31.2 Å². The Labute approximate surface area is 311 Å². The maximum Gasteiger partial charge on any atom is 0.338 e. The summed E-state index contributed by atoms with van der Waals surface area (Å²) in [6.07, 6.45) is 0.426. The van der Waals surface area contributed by atoms with Crippen molar-refractivity contribution in [3.63, 3.8) is 0 Å². The van der Waals surface area contributed by atoms with Gasteiger partial charge in [0.1, 0.15) is 19.0 Å². The quantitative estimate of drug-likeness (QED) is 0.0526. The molecule has 0 aliphatic carbocycles. The van der Waals surface area contributed by atoms with E-state index < -0.39 is 24.3 Å². The van der Waals surface area contributed by atoms with Gasteiger partial charge in [-0.05, 0) is 119 Å². The lowest BCUT2D eigenvalue weighted by Crippen LogP contribution is -2.45. The van der Waals surface area contributed by atoms with Crippen LogP contribution >= 0.6 is 45.2 Å². The van der Waals surface area contributed by atoms with Gasteiger partial charge in [-0.25, -0.2) is 14.4 Å². The van der Waals surface area contributed by atoms with E-state index in [1.54, 1.807) is 50.4 Å². The van der Waals surface area contributed by atoms with Gasteiger partial charge < -0.3 is 39.4 Å². The molecule has 4 N–H and O–H groups in total. The summed E-state index contributed by atoms with van der Waals surface area (Å²) in [5.41, 5.74) is 6.07. The maximum atomic E-state index is 12.5. The summed E-state index contributed by atoms with van der Waals surface area (Å²) in [5, 5.41) is 20.0. The molecule has 15 heteroatoms. The molecule has 0 bridgehead atoms. The van der Waals surface area contributed by atoms with Crippen molar-refractivity contribution < 1.29 is 43.2 Å². The number of allylic oxidation sites excluding steroid dienone is 1. The number of benzene rings is 3. The van der Waals surface area contributed by atoms with Crippen LogP contribution < -0.4 is 30.3 Å². The van der Waals surface area contributed by atoms with E-state index >= 15 is 0 Å². The molecule has 2 amide bonds. The number of rotatable bonds is 15. The molecule has 0 saturated heterocycles. The molecule has 1 aliphatic rings. The van der Waals surface area contributed by atoms with E-state index in [0.29, 0.717) is 48.1 Å². The van der Waals surface area contributed by atoms with Crippen molar-refractivity contribution in [2.45, 2.75) is 39.6 Å². The lowest BCUT2D eigenvalue weighted by Gasteiger charge is -2.28. The van der Waals surface area contributed by atoms with Crippen molar-refractivity contribution >= 4 is 69.4 Å². The van der Waals surface area contributed by atoms with Gasteiger partial charge in [0.2, 0.25) is 0 Å². The van der Waals surface area contributed by atoms with Crippen molar-refractivity contribution in [2.75, 3.05) is 26.9 Å². The lowest BCUT2D eigenvalue weighted by atomic mass is 9.95. The molecule has 0 aromatic heterocycles. The predicted molar refractivity (Wildman–Crippen MR) is 198 cm³/mol. The molecule has 3 aromatic rings. The lowest BCUT2D eigenvalue weighted by molar-refractivity contribution is -0.136. The normalized spacial score (nSPS) is 14.8. The van der Waals surface area contributed by atoms with Crippen molar-refractivity contribution in [3.8, 4) is 17.2 Å². The molecule has 0 spiro atoms. The van der Waals surface area contributed by atoms with Gasteiger partial charge in [-0.1, -0.05) is 18.2 Å². The summed E-state index contributed by atoms with van der Waals surface area (Å²) < 4.78 is 29.4. The first-order valence-electron chi connectivity index (χ1n) is 15.1. The summed E-state index contributed by atoms with van der Waals surface area (Å²) in [6.45, 7) is 6.02. The molecule has 1 heterocycles. The molecule has 13 nitrogen and oxygen atoms in total. The first-order valence-corrected chi connectivity index (χ1v) is 17.3. The fourth-order valence-electron chi connectivity index (χ4n) is 4.72. The molecule has 260 valence electrons. The van der Waals surface area contributed by atoms with E-state index in [0.717, 1.165) is 24.0 Å². The van der Waals surface area contributed by atoms with E-state index in [2.05, 4.69) is 66.3 Å². The molecule has 3 aromatic carbocycles. The topological polar surface area (TPSA) is 166 Å². The van der Waals surface area contributed by atoms with Crippen LogP contribution in [-0.4, -0.2) is 62.4 Å². The van der Waals surface area contributed by atoms with Crippen LogP contribution in [0.3, 0.4) is 0 Å². The molecule has 49 heavy (non-hydrogen) atoms. The summed E-state index contributed by atoms with van der Waals surface area (Å²) >= 11 is 4.39. The number of hydrazone groups is 1. The molecule has 0 fully saturated rings. The number of hydrogen-bond donors (Lipinski definition) is 4. The Morgan fingerprint density at radius 2 is 1.69 bits per heavy atom. The SMILES string of the molecule is CCOC(=O)c1ccc(COc2c(I)cc(/C=N/N[C@H](O)COc3ccc([C@@H]4NC(=O)NC(C)=C4C(=O)OC)cc3OCC)cc2I)cc1. The third-order valence-electron chi connectivity index (χ3n) is 6.98. The minimum Gasteiger partial charge on any atom is -0.490 e. The fraction of sp³-hybridized carbons (Fsp3) is 0.294. The average Bonchev–Trinajstić information content (AvgIpc) is 3.07. The average molecular weight is 898 g/mol. The molecule has 4 rings (SSSR count). The number of esters is 2. The molecule has 0 radical (unpaired) electrons. The zero-order chi connectivity index (χ0) is 35.5. The maximum absolute atomic E-state index is 12.5. The largest absolute Gasteiger partial charge is 0.490 e. The van der Waals surface area contributed by atoms with Gasteiger partial charge in [-0.15, -0.1) is 0 Å². The summed E-state index contributed by atoms with van der Waals surface area (Å²) in [7, 11) is 1.27. The second kappa shape index (κ2) is 18.1. The first kappa shape index (κ1) is 37.7. The van der Waals surface area contributed by atoms with Gasteiger partial charge in [0, 0.05) is 5.70 Å². The Bertz CT molecular complexity index is 1710. The van der Waals surface area contributed by atoms with Crippen LogP contribution in [0.4, 0.5) is 4.79 Å².